The smallest absolute Gasteiger partial charge is 0.408 e. The summed E-state index contributed by atoms with van der Waals surface area (Å²) < 4.78 is 10.2. The van der Waals surface area contributed by atoms with Crippen LogP contribution in [0.4, 0.5) is 4.79 Å². The minimum atomic E-state index is -0.916. The SMILES string of the molecule is C=CCCCCCC[C@H](NC(=O)[C@@H](Cc1ccccc1)NC(=O)OCc1ccccc1)C(=O)OC. The number of carbonyl (C=O) groups is 3. The van der Waals surface area contributed by atoms with Gasteiger partial charge in [-0.25, -0.2) is 9.59 Å². The van der Waals surface area contributed by atoms with E-state index in [1.165, 1.54) is 7.11 Å². The third-order valence-corrected chi connectivity index (χ3v) is 5.56. The minimum Gasteiger partial charge on any atom is -0.467 e. The van der Waals surface area contributed by atoms with Crippen LogP contribution in [0.25, 0.3) is 0 Å². The average Bonchev–Trinajstić information content (AvgIpc) is 2.89. The van der Waals surface area contributed by atoms with E-state index in [4.69, 9.17) is 9.47 Å². The van der Waals surface area contributed by atoms with Crippen LogP contribution in [0.15, 0.2) is 73.3 Å². The summed E-state index contributed by atoms with van der Waals surface area (Å²) in [6.45, 7) is 3.81. The van der Waals surface area contributed by atoms with E-state index in [0.29, 0.717) is 6.42 Å². The van der Waals surface area contributed by atoms with Gasteiger partial charge < -0.3 is 20.1 Å². The Balaban J connectivity index is 2.00. The van der Waals surface area contributed by atoms with E-state index in [9.17, 15) is 14.4 Å². The maximum atomic E-state index is 13.2. The van der Waals surface area contributed by atoms with Gasteiger partial charge in [0.05, 0.1) is 7.11 Å². The van der Waals surface area contributed by atoms with Crippen molar-refractivity contribution in [2.24, 2.45) is 0 Å². The van der Waals surface area contributed by atoms with Gasteiger partial charge in [-0.3, -0.25) is 4.79 Å². The fourth-order valence-electron chi connectivity index (χ4n) is 3.62. The topological polar surface area (TPSA) is 93.7 Å². The number of hydrogen-bond donors (Lipinski definition) is 2. The lowest BCUT2D eigenvalue weighted by Crippen LogP contribution is -2.52. The van der Waals surface area contributed by atoms with Crippen LogP contribution in [0.2, 0.25) is 0 Å². The van der Waals surface area contributed by atoms with Crippen molar-refractivity contribution in [1.29, 1.82) is 0 Å². The first-order valence-electron chi connectivity index (χ1n) is 12.0. The van der Waals surface area contributed by atoms with Crippen molar-refractivity contribution in [3.05, 3.63) is 84.4 Å². The zero-order valence-corrected chi connectivity index (χ0v) is 20.4. The molecule has 0 aliphatic carbocycles. The molecule has 7 heteroatoms. The number of esters is 1. The summed E-state index contributed by atoms with van der Waals surface area (Å²) in [6, 6.07) is 16.9. The molecule has 2 atom stereocenters. The summed E-state index contributed by atoms with van der Waals surface area (Å²) in [5.74, 6) is -0.970. The monoisotopic (exact) mass is 480 g/mol. The number of rotatable bonds is 15. The molecule has 0 aliphatic heterocycles. The molecule has 2 aromatic rings. The van der Waals surface area contributed by atoms with Gasteiger partial charge >= 0.3 is 12.1 Å². The summed E-state index contributed by atoms with van der Waals surface area (Å²) in [4.78, 5) is 38.0. The number of allylic oxidation sites excluding steroid dienone is 1. The first-order valence-corrected chi connectivity index (χ1v) is 12.0. The van der Waals surface area contributed by atoms with Crippen LogP contribution in [0, 0.1) is 0 Å². The lowest BCUT2D eigenvalue weighted by Gasteiger charge is -2.22. The highest BCUT2D eigenvalue weighted by Gasteiger charge is 2.27. The second kappa shape index (κ2) is 16.1. The van der Waals surface area contributed by atoms with Gasteiger partial charge in [0.1, 0.15) is 18.7 Å². The summed E-state index contributed by atoms with van der Waals surface area (Å²) in [6.07, 6.45) is 6.65. The molecule has 0 aliphatic rings. The molecular weight excluding hydrogens is 444 g/mol. The molecule has 0 saturated carbocycles. The predicted octanol–water partition coefficient (Wildman–Crippen LogP) is 4.71. The molecule has 2 aromatic carbocycles. The van der Waals surface area contributed by atoms with Crippen LogP contribution in [-0.4, -0.2) is 37.2 Å². The van der Waals surface area contributed by atoms with Crippen molar-refractivity contribution in [2.75, 3.05) is 7.11 Å². The molecule has 2 rings (SSSR count). The molecule has 0 saturated heterocycles. The van der Waals surface area contributed by atoms with Crippen molar-refractivity contribution in [2.45, 2.75) is 63.6 Å². The average molecular weight is 481 g/mol. The Morgan fingerprint density at radius 2 is 1.49 bits per heavy atom. The van der Waals surface area contributed by atoms with Crippen LogP contribution in [0.3, 0.4) is 0 Å². The molecule has 2 N–H and O–H groups in total. The summed E-state index contributed by atoms with van der Waals surface area (Å²) >= 11 is 0. The number of hydrogen-bond acceptors (Lipinski definition) is 5. The summed E-state index contributed by atoms with van der Waals surface area (Å²) in [5.41, 5.74) is 1.71. The summed E-state index contributed by atoms with van der Waals surface area (Å²) in [7, 11) is 1.30. The third-order valence-electron chi connectivity index (χ3n) is 5.56. The van der Waals surface area contributed by atoms with Gasteiger partial charge in [0.2, 0.25) is 5.91 Å². The molecule has 35 heavy (non-hydrogen) atoms. The largest absolute Gasteiger partial charge is 0.467 e. The fraction of sp³-hybridized carbons (Fsp3) is 0.393. The van der Waals surface area contributed by atoms with E-state index in [1.807, 2.05) is 66.7 Å². The van der Waals surface area contributed by atoms with Crippen LogP contribution in [0.1, 0.15) is 49.7 Å². The maximum absolute atomic E-state index is 13.2. The first kappa shape index (κ1) is 27.6. The number of benzene rings is 2. The van der Waals surface area contributed by atoms with Crippen molar-refractivity contribution < 1.29 is 23.9 Å². The molecular formula is C28H36N2O5. The Labute approximate surface area is 207 Å². The van der Waals surface area contributed by atoms with Crippen molar-refractivity contribution in [1.82, 2.24) is 10.6 Å². The van der Waals surface area contributed by atoms with Gasteiger partial charge in [-0.2, -0.15) is 0 Å². The highest BCUT2D eigenvalue weighted by Crippen LogP contribution is 2.10. The number of carbonyl (C=O) groups excluding carboxylic acids is 3. The number of alkyl carbamates (subject to hydrolysis) is 1. The molecule has 0 fully saturated rings. The lowest BCUT2D eigenvalue weighted by molar-refractivity contribution is -0.145. The van der Waals surface area contributed by atoms with E-state index in [1.54, 1.807) is 0 Å². The number of ether oxygens (including phenoxy) is 2. The summed E-state index contributed by atoms with van der Waals surface area (Å²) in [5, 5.41) is 5.42. The van der Waals surface area contributed by atoms with Crippen LogP contribution < -0.4 is 10.6 Å². The minimum absolute atomic E-state index is 0.0863. The quantitative estimate of drug-likeness (QED) is 0.219. The van der Waals surface area contributed by atoms with E-state index < -0.39 is 30.1 Å². The number of amides is 2. The molecule has 188 valence electrons. The van der Waals surface area contributed by atoms with Gasteiger partial charge in [-0.1, -0.05) is 86.0 Å². The van der Waals surface area contributed by atoms with Gasteiger partial charge in [0.15, 0.2) is 0 Å². The van der Waals surface area contributed by atoms with E-state index >= 15 is 0 Å². The molecule has 2 amide bonds. The van der Waals surface area contributed by atoms with Crippen LogP contribution >= 0.6 is 0 Å². The molecule has 0 aromatic heterocycles. The first-order chi connectivity index (χ1) is 17.0. The second-order valence-corrected chi connectivity index (χ2v) is 8.31. The van der Waals surface area contributed by atoms with Crippen molar-refractivity contribution in [3.63, 3.8) is 0 Å². The fourth-order valence-corrected chi connectivity index (χ4v) is 3.62. The third kappa shape index (κ3) is 10.9. The van der Waals surface area contributed by atoms with Crippen molar-refractivity contribution in [3.8, 4) is 0 Å². The standard InChI is InChI=1S/C28H36N2O5/c1-3-4-5-6-7-14-19-24(27(32)34-2)29-26(31)25(20-22-15-10-8-11-16-22)30-28(33)35-21-23-17-12-9-13-18-23/h3,8-13,15-18,24-25H,1,4-7,14,19-21H2,2H3,(H,29,31)(H,30,33)/t24-,25+/m0/s1. The Morgan fingerprint density at radius 3 is 2.11 bits per heavy atom. The van der Waals surface area contributed by atoms with Gasteiger partial charge in [0, 0.05) is 6.42 Å². The zero-order chi connectivity index (χ0) is 25.3. The maximum Gasteiger partial charge on any atom is 0.408 e. The Hall–Kier alpha value is -3.61. The molecule has 0 bridgehead atoms. The number of nitrogens with one attached hydrogen (secondary N) is 2. The molecule has 0 radical (unpaired) electrons. The van der Waals surface area contributed by atoms with Gasteiger partial charge in [-0.05, 0) is 30.4 Å². The van der Waals surface area contributed by atoms with Crippen LogP contribution in [-0.2, 0) is 32.1 Å². The normalized spacial score (nSPS) is 12.1. The highest BCUT2D eigenvalue weighted by atomic mass is 16.5. The molecule has 0 heterocycles. The number of unbranched alkanes of at least 4 members (excludes halogenated alkanes) is 4. The second-order valence-electron chi connectivity index (χ2n) is 8.31. The van der Waals surface area contributed by atoms with Gasteiger partial charge in [0.25, 0.3) is 0 Å². The lowest BCUT2D eigenvalue weighted by atomic mass is 10.0. The van der Waals surface area contributed by atoms with Gasteiger partial charge in [-0.15, -0.1) is 6.58 Å². The molecule has 0 spiro atoms. The van der Waals surface area contributed by atoms with E-state index in [2.05, 4.69) is 17.2 Å². The van der Waals surface area contributed by atoms with E-state index in [0.717, 1.165) is 43.2 Å². The zero-order valence-electron chi connectivity index (χ0n) is 20.4. The molecule has 0 unspecified atom stereocenters. The van der Waals surface area contributed by atoms with Crippen LogP contribution in [0.5, 0.6) is 0 Å². The molecule has 7 nitrogen and oxygen atoms in total. The Kier molecular flexibility index (Phi) is 12.7. The highest BCUT2D eigenvalue weighted by molar-refractivity contribution is 5.89. The Morgan fingerprint density at radius 1 is 0.857 bits per heavy atom. The predicted molar refractivity (Wildman–Crippen MR) is 136 cm³/mol. The van der Waals surface area contributed by atoms with Crippen molar-refractivity contribution >= 4 is 18.0 Å². The number of methoxy groups -OCH3 is 1. The Bertz CT molecular complexity index is 917. The van der Waals surface area contributed by atoms with E-state index in [-0.39, 0.29) is 13.0 Å².